The first-order chi connectivity index (χ1) is 16.4. The van der Waals surface area contributed by atoms with Crippen LogP contribution in [0.4, 0.5) is 15.8 Å². The van der Waals surface area contributed by atoms with Gasteiger partial charge in [-0.3, -0.25) is 9.59 Å². The maximum absolute atomic E-state index is 13.4. The van der Waals surface area contributed by atoms with Gasteiger partial charge in [-0.05, 0) is 49.4 Å². The molecule has 2 amide bonds. The summed E-state index contributed by atoms with van der Waals surface area (Å²) in [4.78, 5) is 25.1. The standard InChI is InChI=1S/C26H23FN4O3/c1-17-6-8-18(9-7-17)25-23(15-31(30-25)22-12-10-19(27)11-13-22)26(33)29-21-5-3-4-20(14-21)28-24(32)16-34-2/h3-15H,16H2,1-2H3,(H,28,32)(H,29,33). The van der Waals surface area contributed by atoms with Gasteiger partial charge < -0.3 is 15.4 Å². The van der Waals surface area contributed by atoms with Crippen molar-refractivity contribution in [3.63, 3.8) is 0 Å². The number of aryl methyl sites for hydroxylation is 1. The lowest BCUT2D eigenvalue weighted by molar-refractivity contribution is -0.119. The highest BCUT2D eigenvalue weighted by molar-refractivity contribution is 6.08. The van der Waals surface area contributed by atoms with Gasteiger partial charge >= 0.3 is 0 Å². The van der Waals surface area contributed by atoms with E-state index in [2.05, 4.69) is 15.7 Å². The second-order valence-electron chi connectivity index (χ2n) is 7.69. The number of ether oxygens (including phenoxy) is 1. The third-order valence-corrected chi connectivity index (χ3v) is 5.05. The minimum atomic E-state index is -0.371. The monoisotopic (exact) mass is 458 g/mol. The molecule has 0 radical (unpaired) electrons. The highest BCUT2D eigenvalue weighted by Gasteiger charge is 2.19. The van der Waals surface area contributed by atoms with Crippen LogP contribution in [-0.4, -0.2) is 35.3 Å². The smallest absolute Gasteiger partial charge is 0.259 e. The molecule has 0 spiro atoms. The molecule has 3 aromatic carbocycles. The Bertz CT molecular complexity index is 1310. The number of rotatable bonds is 7. The van der Waals surface area contributed by atoms with Crippen molar-refractivity contribution in [2.24, 2.45) is 0 Å². The van der Waals surface area contributed by atoms with Crippen LogP contribution in [0, 0.1) is 12.7 Å². The predicted molar refractivity (Wildman–Crippen MR) is 129 cm³/mol. The summed E-state index contributed by atoms with van der Waals surface area (Å²) in [5, 5.41) is 10.2. The Morgan fingerprint density at radius 2 is 1.65 bits per heavy atom. The van der Waals surface area contributed by atoms with Crippen LogP contribution in [0.3, 0.4) is 0 Å². The first-order valence-electron chi connectivity index (χ1n) is 10.6. The van der Waals surface area contributed by atoms with Gasteiger partial charge in [-0.15, -0.1) is 0 Å². The number of methoxy groups -OCH3 is 1. The second kappa shape index (κ2) is 10.1. The van der Waals surface area contributed by atoms with E-state index >= 15 is 0 Å². The highest BCUT2D eigenvalue weighted by Crippen LogP contribution is 2.26. The predicted octanol–water partition coefficient (Wildman–Crippen LogP) is 4.82. The Morgan fingerprint density at radius 1 is 0.971 bits per heavy atom. The van der Waals surface area contributed by atoms with Crippen molar-refractivity contribution in [1.29, 1.82) is 0 Å². The van der Waals surface area contributed by atoms with Gasteiger partial charge in [-0.2, -0.15) is 5.10 Å². The summed E-state index contributed by atoms with van der Waals surface area (Å²) in [7, 11) is 1.44. The molecule has 0 aliphatic heterocycles. The van der Waals surface area contributed by atoms with E-state index in [1.165, 1.54) is 19.2 Å². The molecule has 0 bridgehead atoms. The van der Waals surface area contributed by atoms with Gasteiger partial charge in [0.15, 0.2) is 0 Å². The molecule has 4 rings (SSSR count). The minimum absolute atomic E-state index is 0.0704. The van der Waals surface area contributed by atoms with Crippen LogP contribution in [0.5, 0.6) is 0 Å². The molecule has 1 aromatic heterocycles. The number of nitrogens with zero attached hydrogens (tertiary/aromatic N) is 2. The normalized spacial score (nSPS) is 10.7. The number of benzene rings is 3. The van der Waals surface area contributed by atoms with Crippen LogP contribution in [-0.2, 0) is 9.53 Å². The van der Waals surface area contributed by atoms with Gasteiger partial charge in [0.05, 0.1) is 11.3 Å². The van der Waals surface area contributed by atoms with Gasteiger partial charge in [0, 0.05) is 30.2 Å². The first kappa shape index (κ1) is 22.9. The van der Waals surface area contributed by atoms with Crippen LogP contribution < -0.4 is 10.6 Å². The Hall–Kier alpha value is -4.30. The maximum atomic E-state index is 13.4. The first-order valence-corrected chi connectivity index (χ1v) is 10.6. The SMILES string of the molecule is COCC(=O)Nc1cccc(NC(=O)c2cn(-c3ccc(F)cc3)nc2-c2ccc(C)cc2)c1. The molecule has 0 aliphatic rings. The van der Waals surface area contributed by atoms with Crippen molar-refractivity contribution in [3.8, 4) is 16.9 Å². The third-order valence-electron chi connectivity index (χ3n) is 5.05. The lowest BCUT2D eigenvalue weighted by Crippen LogP contribution is -2.17. The molecular formula is C26H23FN4O3. The van der Waals surface area contributed by atoms with Gasteiger partial charge in [0.2, 0.25) is 5.91 Å². The van der Waals surface area contributed by atoms with E-state index in [0.29, 0.717) is 28.3 Å². The van der Waals surface area contributed by atoms with Crippen molar-refractivity contribution >= 4 is 23.2 Å². The summed E-state index contributed by atoms with van der Waals surface area (Å²) in [5.41, 5.74) is 4.35. The quantitative estimate of drug-likeness (QED) is 0.416. The van der Waals surface area contributed by atoms with Crippen LogP contribution in [0.1, 0.15) is 15.9 Å². The Labute approximate surface area is 196 Å². The van der Waals surface area contributed by atoms with E-state index in [9.17, 15) is 14.0 Å². The molecule has 1 heterocycles. The number of carbonyl (C=O) groups is 2. The van der Waals surface area contributed by atoms with Crippen LogP contribution in [0.25, 0.3) is 16.9 Å². The van der Waals surface area contributed by atoms with E-state index in [1.54, 1.807) is 47.3 Å². The molecule has 0 saturated carbocycles. The van der Waals surface area contributed by atoms with E-state index in [-0.39, 0.29) is 24.2 Å². The van der Waals surface area contributed by atoms with Crippen LogP contribution >= 0.6 is 0 Å². The van der Waals surface area contributed by atoms with Crippen molar-refractivity contribution in [2.75, 3.05) is 24.4 Å². The molecular weight excluding hydrogens is 435 g/mol. The van der Waals surface area contributed by atoms with E-state index in [1.807, 2.05) is 31.2 Å². The topological polar surface area (TPSA) is 85.3 Å². The van der Waals surface area contributed by atoms with Gasteiger partial charge in [0.1, 0.15) is 18.1 Å². The highest BCUT2D eigenvalue weighted by atomic mass is 19.1. The molecule has 172 valence electrons. The average molecular weight is 458 g/mol. The average Bonchev–Trinajstić information content (AvgIpc) is 3.26. The van der Waals surface area contributed by atoms with E-state index < -0.39 is 0 Å². The maximum Gasteiger partial charge on any atom is 0.259 e. The molecule has 0 unspecified atom stereocenters. The van der Waals surface area contributed by atoms with Gasteiger partial charge in [-0.25, -0.2) is 9.07 Å². The number of halogens is 1. The fourth-order valence-corrected chi connectivity index (χ4v) is 3.39. The molecule has 0 aliphatic carbocycles. The molecule has 0 atom stereocenters. The number of aromatic nitrogens is 2. The van der Waals surface area contributed by atoms with Crippen molar-refractivity contribution < 1.29 is 18.7 Å². The lowest BCUT2D eigenvalue weighted by Gasteiger charge is -2.09. The Balaban J connectivity index is 1.65. The third kappa shape index (κ3) is 5.36. The lowest BCUT2D eigenvalue weighted by atomic mass is 10.1. The summed E-state index contributed by atoms with van der Waals surface area (Å²) < 4.78 is 19.8. The van der Waals surface area contributed by atoms with Gasteiger partial charge in [-0.1, -0.05) is 35.9 Å². The largest absolute Gasteiger partial charge is 0.375 e. The zero-order valence-corrected chi connectivity index (χ0v) is 18.7. The van der Waals surface area contributed by atoms with Gasteiger partial charge in [0.25, 0.3) is 5.91 Å². The second-order valence-corrected chi connectivity index (χ2v) is 7.69. The van der Waals surface area contributed by atoms with Crippen molar-refractivity contribution in [2.45, 2.75) is 6.92 Å². The molecule has 0 fully saturated rings. The molecule has 8 heteroatoms. The fourth-order valence-electron chi connectivity index (χ4n) is 3.39. The number of nitrogens with one attached hydrogen (secondary N) is 2. The summed E-state index contributed by atoms with van der Waals surface area (Å²) in [6.45, 7) is 1.91. The Kier molecular flexibility index (Phi) is 6.79. The number of amides is 2. The zero-order chi connectivity index (χ0) is 24.1. The molecule has 7 nitrogen and oxygen atoms in total. The van der Waals surface area contributed by atoms with Crippen molar-refractivity contribution in [3.05, 3.63) is 95.9 Å². The fraction of sp³-hybridized carbons (Fsp3) is 0.115. The number of carbonyl (C=O) groups excluding carboxylic acids is 2. The molecule has 34 heavy (non-hydrogen) atoms. The van der Waals surface area contributed by atoms with Crippen molar-refractivity contribution in [1.82, 2.24) is 9.78 Å². The number of anilines is 2. The summed E-state index contributed by atoms with van der Waals surface area (Å²) in [6, 6.07) is 20.4. The Morgan fingerprint density at radius 3 is 2.32 bits per heavy atom. The molecule has 4 aromatic rings. The van der Waals surface area contributed by atoms with E-state index in [0.717, 1.165) is 11.1 Å². The summed E-state index contributed by atoms with van der Waals surface area (Å²) >= 11 is 0. The van der Waals surface area contributed by atoms with Crippen LogP contribution in [0.2, 0.25) is 0 Å². The number of hydrogen-bond acceptors (Lipinski definition) is 4. The molecule has 0 saturated heterocycles. The minimum Gasteiger partial charge on any atom is -0.375 e. The molecule has 2 N–H and O–H groups in total. The summed E-state index contributed by atoms with van der Waals surface area (Å²) in [6.07, 6.45) is 1.61. The number of hydrogen-bond donors (Lipinski definition) is 2. The zero-order valence-electron chi connectivity index (χ0n) is 18.7. The van der Waals surface area contributed by atoms with E-state index in [4.69, 9.17) is 4.74 Å². The van der Waals surface area contributed by atoms with Crippen LogP contribution in [0.15, 0.2) is 79.0 Å². The summed E-state index contributed by atoms with van der Waals surface area (Å²) in [5.74, 6) is -1.03.